The van der Waals surface area contributed by atoms with Crippen molar-refractivity contribution in [2.45, 2.75) is 20.4 Å². The second-order valence-electron chi connectivity index (χ2n) is 4.63. The molecule has 0 aromatic heterocycles. The van der Waals surface area contributed by atoms with E-state index in [1.807, 2.05) is 36.9 Å². The minimum Gasteiger partial charge on any atom is -0.493 e. The minimum atomic E-state index is -0.844. The molecule has 0 aliphatic rings. The molecule has 1 rings (SSSR count). The van der Waals surface area contributed by atoms with Gasteiger partial charge in [-0.25, -0.2) is 4.79 Å². The maximum atomic E-state index is 11.6. The van der Waals surface area contributed by atoms with Gasteiger partial charge < -0.3 is 15.2 Å². The van der Waals surface area contributed by atoms with Gasteiger partial charge in [0.1, 0.15) is 0 Å². The molecule has 3 amide bonds. The van der Waals surface area contributed by atoms with E-state index >= 15 is 0 Å². The first-order valence-corrected chi connectivity index (χ1v) is 7.11. The van der Waals surface area contributed by atoms with Gasteiger partial charge in [-0.05, 0) is 31.2 Å². The molecule has 0 aliphatic heterocycles. The summed E-state index contributed by atoms with van der Waals surface area (Å²) in [5.74, 6) is 0.910. The SMILES string of the molecule is CCOc1ccc(CN(CC)CC(=O)NC(N)=O)cc1OC. The molecule has 3 N–H and O–H groups in total. The number of rotatable bonds is 8. The first-order chi connectivity index (χ1) is 10.5. The number of benzene rings is 1. The maximum absolute atomic E-state index is 11.6. The van der Waals surface area contributed by atoms with E-state index in [0.717, 1.165) is 5.56 Å². The number of methoxy groups -OCH3 is 1. The summed E-state index contributed by atoms with van der Waals surface area (Å²) in [7, 11) is 1.58. The van der Waals surface area contributed by atoms with Crippen molar-refractivity contribution >= 4 is 11.9 Å². The molecular formula is C15H23N3O4. The van der Waals surface area contributed by atoms with Crippen LogP contribution >= 0.6 is 0 Å². The predicted molar refractivity (Wildman–Crippen MR) is 82.8 cm³/mol. The van der Waals surface area contributed by atoms with Crippen LogP contribution in [0.5, 0.6) is 11.5 Å². The molecule has 0 saturated heterocycles. The van der Waals surface area contributed by atoms with E-state index in [4.69, 9.17) is 15.2 Å². The van der Waals surface area contributed by atoms with Crippen molar-refractivity contribution in [2.24, 2.45) is 5.73 Å². The lowest BCUT2D eigenvalue weighted by Crippen LogP contribution is -2.42. The number of amides is 3. The second-order valence-corrected chi connectivity index (χ2v) is 4.63. The number of hydrogen-bond acceptors (Lipinski definition) is 5. The van der Waals surface area contributed by atoms with Crippen molar-refractivity contribution in [1.29, 1.82) is 0 Å². The van der Waals surface area contributed by atoms with Gasteiger partial charge in [-0.2, -0.15) is 0 Å². The zero-order valence-corrected chi connectivity index (χ0v) is 13.2. The van der Waals surface area contributed by atoms with Crippen LogP contribution in [-0.2, 0) is 11.3 Å². The number of nitrogens with zero attached hydrogens (tertiary/aromatic N) is 1. The van der Waals surface area contributed by atoms with E-state index in [2.05, 4.69) is 5.32 Å². The Hall–Kier alpha value is -2.28. The van der Waals surface area contributed by atoms with Crippen LogP contribution in [-0.4, -0.2) is 43.6 Å². The highest BCUT2D eigenvalue weighted by Gasteiger charge is 2.12. The summed E-state index contributed by atoms with van der Waals surface area (Å²) in [4.78, 5) is 24.1. The van der Waals surface area contributed by atoms with Gasteiger partial charge in [0.05, 0.1) is 20.3 Å². The van der Waals surface area contributed by atoms with Crippen molar-refractivity contribution in [2.75, 3.05) is 26.8 Å². The molecule has 1 aromatic rings. The Bertz CT molecular complexity index is 520. The van der Waals surface area contributed by atoms with Gasteiger partial charge in [0.15, 0.2) is 11.5 Å². The maximum Gasteiger partial charge on any atom is 0.318 e. The fourth-order valence-corrected chi connectivity index (χ4v) is 2.00. The Labute approximate surface area is 130 Å². The molecule has 0 unspecified atom stereocenters. The van der Waals surface area contributed by atoms with Crippen LogP contribution < -0.4 is 20.5 Å². The molecule has 1 aromatic carbocycles. The van der Waals surface area contributed by atoms with Gasteiger partial charge in [0.25, 0.3) is 0 Å². The Morgan fingerprint density at radius 3 is 2.55 bits per heavy atom. The lowest BCUT2D eigenvalue weighted by atomic mass is 10.2. The number of urea groups is 1. The molecule has 0 aliphatic carbocycles. The highest BCUT2D eigenvalue weighted by Crippen LogP contribution is 2.28. The van der Waals surface area contributed by atoms with Gasteiger partial charge in [0, 0.05) is 6.54 Å². The number of ether oxygens (including phenoxy) is 2. The molecule has 7 heteroatoms. The summed E-state index contributed by atoms with van der Waals surface area (Å²) in [5, 5.41) is 2.06. The molecule has 0 fully saturated rings. The van der Waals surface area contributed by atoms with Crippen LogP contribution in [0.15, 0.2) is 18.2 Å². The van der Waals surface area contributed by atoms with Gasteiger partial charge in [-0.1, -0.05) is 13.0 Å². The second kappa shape index (κ2) is 8.89. The molecule has 0 spiro atoms. The minimum absolute atomic E-state index is 0.0922. The van der Waals surface area contributed by atoms with E-state index in [-0.39, 0.29) is 6.54 Å². The van der Waals surface area contributed by atoms with Gasteiger partial charge >= 0.3 is 6.03 Å². The van der Waals surface area contributed by atoms with Crippen LogP contribution in [0.2, 0.25) is 0 Å². The quantitative estimate of drug-likeness (QED) is 0.750. The van der Waals surface area contributed by atoms with Gasteiger partial charge in [0.2, 0.25) is 5.91 Å². The summed E-state index contributed by atoms with van der Waals surface area (Å²) < 4.78 is 10.8. The molecule has 7 nitrogen and oxygen atoms in total. The fourth-order valence-electron chi connectivity index (χ4n) is 2.00. The molecular weight excluding hydrogens is 286 g/mol. The zero-order valence-electron chi connectivity index (χ0n) is 13.2. The highest BCUT2D eigenvalue weighted by atomic mass is 16.5. The molecule has 22 heavy (non-hydrogen) atoms. The number of primary amides is 1. The standard InChI is InChI=1S/C15H23N3O4/c1-4-18(10-14(19)17-15(16)20)9-11-6-7-12(22-5-2)13(8-11)21-3/h6-8H,4-5,9-10H2,1-3H3,(H3,16,17,19,20). The lowest BCUT2D eigenvalue weighted by molar-refractivity contribution is -0.121. The van der Waals surface area contributed by atoms with Crippen LogP contribution in [0.25, 0.3) is 0 Å². The molecule has 0 heterocycles. The Morgan fingerprint density at radius 2 is 2.00 bits per heavy atom. The third-order valence-electron chi connectivity index (χ3n) is 3.01. The number of carbonyl (C=O) groups excluding carboxylic acids is 2. The number of imide groups is 1. The van der Waals surface area contributed by atoms with Gasteiger partial charge in [-0.15, -0.1) is 0 Å². The van der Waals surface area contributed by atoms with E-state index < -0.39 is 11.9 Å². The van der Waals surface area contributed by atoms with Crippen molar-refractivity contribution in [1.82, 2.24) is 10.2 Å². The summed E-state index contributed by atoms with van der Waals surface area (Å²) >= 11 is 0. The van der Waals surface area contributed by atoms with Crippen LogP contribution in [0.1, 0.15) is 19.4 Å². The third-order valence-corrected chi connectivity index (χ3v) is 3.01. The molecule has 0 saturated carbocycles. The summed E-state index contributed by atoms with van der Waals surface area (Å²) in [6.07, 6.45) is 0. The monoisotopic (exact) mass is 309 g/mol. The van der Waals surface area contributed by atoms with Crippen LogP contribution in [0, 0.1) is 0 Å². The Morgan fingerprint density at radius 1 is 1.27 bits per heavy atom. The molecule has 0 bridgehead atoms. The number of hydrogen-bond donors (Lipinski definition) is 2. The highest BCUT2D eigenvalue weighted by molar-refractivity contribution is 5.94. The third kappa shape index (κ3) is 5.61. The first-order valence-electron chi connectivity index (χ1n) is 7.11. The lowest BCUT2D eigenvalue weighted by Gasteiger charge is -2.20. The summed E-state index contributed by atoms with van der Waals surface area (Å²) in [6.45, 7) is 5.69. The van der Waals surface area contributed by atoms with Crippen molar-refractivity contribution in [3.63, 3.8) is 0 Å². The summed E-state index contributed by atoms with van der Waals surface area (Å²) in [6, 6.07) is 4.79. The Kier molecular flexibility index (Phi) is 7.18. The number of likely N-dealkylation sites (N-methyl/N-ethyl adjacent to an activating group) is 1. The van der Waals surface area contributed by atoms with Crippen LogP contribution in [0.4, 0.5) is 4.79 Å². The van der Waals surface area contributed by atoms with Crippen molar-refractivity contribution < 1.29 is 19.1 Å². The normalized spacial score (nSPS) is 10.4. The average molecular weight is 309 g/mol. The topological polar surface area (TPSA) is 93.9 Å². The smallest absolute Gasteiger partial charge is 0.318 e. The number of nitrogens with two attached hydrogens (primary N) is 1. The van der Waals surface area contributed by atoms with Gasteiger partial charge in [-0.3, -0.25) is 15.0 Å². The molecule has 0 atom stereocenters. The Balaban J connectivity index is 2.74. The number of carbonyl (C=O) groups is 2. The largest absolute Gasteiger partial charge is 0.493 e. The van der Waals surface area contributed by atoms with Crippen LogP contribution in [0.3, 0.4) is 0 Å². The van der Waals surface area contributed by atoms with E-state index in [1.54, 1.807) is 7.11 Å². The van der Waals surface area contributed by atoms with E-state index in [9.17, 15) is 9.59 Å². The van der Waals surface area contributed by atoms with Crippen molar-refractivity contribution in [3.05, 3.63) is 23.8 Å². The fraction of sp³-hybridized carbons (Fsp3) is 0.467. The first kappa shape index (κ1) is 17.8. The van der Waals surface area contributed by atoms with E-state index in [0.29, 0.717) is 31.2 Å². The molecule has 122 valence electrons. The number of nitrogens with one attached hydrogen (secondary N) is 1. The predicted octanol–water partition coefficient (Wildman–Crippen LogP) is 1.11. The average Bonchev–Trinajstić information content (AvgIpc) is 2.47. The molecule has 0 radical (unpaired) electrons. The van der Waals surface area contributed by atoms with E-state index in [1.165, 1.54) is 0 Å². The van der Waals surface area contributed by atoms with Crippen molar-refractivity contribution in [3.8, 4) is 11.5 Å². The zero-order chi connectivity index (χ0) is 16.5. The summed E-state index contributed by atoms with van der Waals surface area (Å²) in [5.41, 5.74) is 5.91.